The lowest BCUT2D eigenvalue weighted by molar-refractivity contribution is -0.117. The van der Waals surface area contributed by atoms with Crippen molar-refractivity contribution in [3.05, 3.63) is 11.1 Å². The molecule has 112 valence electrons. The second-order valence-electron chi connectivity index (χ2n) is 5.37. The number of thiazole rings is 1. The fraction of sp³-hybridized carbons (Fsp3) is 0.692. The van der Waals surface area contributed by atoms with E-state index < -0.39 is 6.04 Å². The van der Waals surface area contributed by atoms with Crippen molar-refractivity contribution in [2.75, 3.05) is 18.4 Å². The quantitative estimate of drug-likeness (QED) is 0.868. The number of amides is 1. The van der Waals surface area contributed by atoms with Crippen LogP contribution in [0.2, 0.25) is 0 Å². The molecule has 0 aliphatic carbocycles. The van der Waals surface area contributed by atoms with Gasteiger partial charge in [-0.05, 0) is 20.8 Å². The van der Waals surface area contributed by atoms with Gasteiger partial charge in [0, 0.05) is 25.0 Å². The number of hydrogen-bond donors (Lipinski definition) is 2. The van der Waals surface area contributed by atoms with E-state index in [1.807, 2.05) is 5.38 Å². The van der Waals surface area contributed by atoms with Crippen LogP contribution in [0.4, 0.5) is 5.13 Å². The first-order chi connectivity index (χ1) is 9.44. The predicted octanol–water partition coefficient (Wildman–Crippen LogP) is 1.04. The van der Waals surface area contributed by atoms with Gasteiger partial charge in [-0.2, -0.15) is 0 Å². The Morgan fingerprint density at radius 1 is 1.60 bits per heavy atom. The normalized spacial score (nSPS) is 25.4. The van der Waals surface area contributed by atoms with E-state index in [-0.39, 0.29) is 18.1 Å². The second-order valence-corrected chi connectivity index (χ2v) is 6.23. The number of nitrogens with two attached hydrogens (primary N) is 1. The van der Waals surface area contributed by atoms with Crippen molar-refractivity contribution >= 4 is 22.4 Å². The fourth-order valence-corrected chi connectivity index (χ4v) is 3.00. The zero-order valence-electron chi connectivity index (χ0n) is 12.1. The maximum Gasteiger partial charge on any atom is 0.242 e. The topological polar surface area (TPSA) is 80.5 Å². The molecule has 0 bridgehead atoms. The first kappa shape index (κ1) is 15.4. The highest BCUT2D eigenvalue weighted by Crippen LogP contribution is 2.19. The molecule has 1 aliphatic rings. The Morgan fingerprint density at radius 2 is 2.25 bits per heavy atom. The monoisotopic (exact) mass is 298 g/mol. The Kier molecular flexibility index (Phi) is 5.09. The van der Waals surface area contributed by atoms with Crippen LogP contribution in [0.15, 0.2) is 5.38 Å². The SMILES string of the molecule is CC1CN(Cc2csc(NC(=O)[C@@H](C)N)n2)CC(C)O1. The van der Waals surface area contributed by atoms with Gasteiger partial charge in [0.1, 0.15) is 0 Å². The van der Waals surface area contributed by atoms with Gasteiger partial charge in [0.15, 0.2) is 5.13 Å². The Balaban J connectivity index is 1.91. The van der Waals surface area contributed by atoms with E-state index in [1.54, 1.807) is 6.92 Å². The summed E-state index contributed by atoms with van der Waals surface area (Å²) in [6.45, 7) is 8.41. The van der Waals surface area contributed by atoms with Crippen molar-refractivity contribution in [1.29, 1.82) is 0 Å². The summed E-state index contributed by atoms with van der Waals surface area (Å²) < 4.78 is 5.71. The van der Waals surface area contributed by atoms with Gasteiger partial charge >= 0.3 is 0 Å². The molecule has 2 rings (SSSR count). The molecule has 2 heterocycles. The number of nitrogens with one attached hydrogen (secondary N) is 1. The highest BCUT2D eigenvalue weighted by molar-refractivity contribution is 7.13. The summed E-state index contributed by atoms with van der Waals surface area (Å²) in [5.74, 6) is -0.209. The summed E-state index contributed by atoms with van der Waals surface area (Å²) in [6, 6.07) is -0.525. The molecular weight excluding hydrogens is 276 g/mol. The number of ether oxygens (including phenoxy) is 1. The molecule has 1 aliphatic heterocycles. The molecule has 3 atom stereocenters. The molecule has 1 amide bonds. The average molecular weight is 298 g/mol. The van der Waals surface area contributed by atoms with Crippen LogP contribution in [-0.2, 0) is 16.1 Å². The summed E-state index contributed by atoms with van der Waals surface area (Å²) in [6.07, 6.45) is 0.490. The maximum absolute atomic E-state index is 11.5. The molecule has 7 heteroatoms. The predicted molar refractivity (Wildman–Crippen MR) is 79.7 cm³/mol. The lowest BCUT2D eigenvalue weighted by Gasteiger charge is -2.34. The van der Waals surface area contributed by atoms with Gasteiger partial charge in [-0.15, -0.1) is 11.3 Å². The smallest absolute Gasteiger partial charge is 0.242 e. The second kappa shape index (κ2) is 6.62. The molecule has 20 heavy (non-hydrogen) atoms. The van der Waals surface area contributed by atoms with Crippen LogP contribution in [0, 0.1) is 0 Å². The number of hydrogen-bond acceptors (Lipinski definition) is 6. The Bertz CT molecular complexity index is 453. The van der Waals surface area contributed by atoms with Gasteiger partial charge in [0.05, 0.1) is 23.9 Å². The van der Waals surface area contributed by atoms with E-state index >= 15 is 0 Å². The standard InChI is InChI=1S/C13H22N4O2S/c1-8-4-17(5-9(2)19-8)6-11-7-20-13(15-11)16-12(18)10(3)14/h7-10H,4-6,14H2,1-3H3,(H,15,16,18)/t8?,9?,10-/m1/s1. The third kappa shape index (κ3) is 4.24. The van der Waals surface area contributed by atoms with E-state index in [9.17, 15) is 4.79 Å². The van der Waals surface area contributed by atoms with Gasteiger partial charge in [0.25, 0.3) is 0 Å². The number of nitrogens with zero attached hydrogens (tertiary/aromatic N) is 2. The van der Waals surface area contributed by atoms with Crippen molar-refractivity contribution in [2.45, 2.75) is 45.6 Å². The summed E-state index contributed by atoms with van der Waals surface area (Å²) >= 11 is 1.43. The van der Waals surface area contributed by atoms with E-state index in [1.165, 1.54) is 11.3 Å². The Labute approximate surface area is 123 Å². The molecule has 1 aromatic heterocycles. The van der Waals surface area contributed by atoms with Crippen LogP contribution in [0.3, 0.4) is 0 Å². The van der Waals surface area contributed by atoms with Crippen LogP contribution in [-0.4, -0.2) is 47.1 Å². The van der Waals surface area contributed by atoms with Crippen molar-refractivity contribution in [2.24, 2.45) is 5.73 Å². The van der Waals surface area contributed by atoms with Crippen LogP contribution in [0.1, 0.15) is 26.5 Å². The zero-order chi connectivity index (χ0) is 14.7. The largest absolute Gasteiger partial charge is 0.373 e. The first-order valence-corrected chi connectivity index (χ1v) is 7.70. The Hall–Kier alpha value is -1.02. The average Bonchev–Trinajstić information content (AvgIpc) is 2.74. The number of anilines is 1. The molecule has 0 spiro atoms. The minimum absolute atomic E-state index is 0.209. The van der Waals surface area contributed by atoms with Gasteiger partial charge in [-0.3, -0.25) is 9.69 Å². The number of morpholine rings is 1. The van der Waals surface area contributed by atoms with Crippen LogP contribution in [0.5, 0.6) is 0 Å². The molecule has 3 N–H and O–H groups in total. The number of carbonyl (C=O) groups is 1. The Morgan fingerprint density at radius 3 is 2.85 bits per heavy atom. The number of carbonyl (C=O) groups excluding carboxylic acids is 1. The third-order valence-corrected chi connectivity index (χ3v) is 3.88. The minimum Gasteiger partial charge on any atom is -0.373 e. The molecule has 1 saturated heterocycles. The van der Waals surface area contributed by atoms with Gasteiger partial charge < -0.3 is 15.8 Å². The van der Waals surface area contributed by atoms with Crippen molar-refractivity contribution in [3.8, 4) is 0 Å². The van der Waals surface area contributed by atoms with Crippen molar-refractivity contribution in [3.63, 3.8) is 0 Å². The molecule has 0 radical (unpaired) electrons. The van der Waals surface area contributed by atoms with E-state index in [0.29, 0.717) is 5.13 Å². The molecule has 2 unspecified atom stereocenters. The lowest BCUT2D eigenvalue weighted by atomic mass is 10.2. The maximum atomic E-state index is 11.5. The van der Waals surface area contributed by atoms with Crippen LogP contribution >= 0.6 is 11.3 Å². The fourth-order valence-electron chi connectivity index (χ4n) is 2.30. The molecule has 6 nitrogen and oxygen atoms in total. The first-order valence-electron chi connectivity index (χ1n) is 6.82. The number of aromatic nitrogens is 1. The van der Waals surface area contributed by atoms with Crippen LogP contribution in [0.25, 0.3) is 0 Å². The summed E-state index contributed by atoms with van der Waals surface area (Å²) in [5.41, 5.74) is 6.48. The highest BCUT2D eigenvalue weighted by atomic mass is 32.1. The molecular formula is C13H22N4O2S. The number of rotatable bonds is 4. The summed E-state index contributed by atoms with van der Waals surface area (Å²) in [7, 11) is 0. The highest BCUT2D eigenvalue weighted by Gasteiger charge is 2.22. The summed E-state index contributed by atoms with van der Waals surface area (Å²) in [4.78, 5) is 18.3. The van der Waals surface area contributed by atoms with E-state index in [0.717, 1.165) is 25.3 Å². The zero-order valence-corrected chi connectivity index (χ0v) is 12.9. The van der Waals surface area contributed by atoms with Crippen molar-refractivity contribution < 1.29 is 9.53 Å². The lowest BCUT2D eigenvalue weighted by Crippen LogP contribution is -2.44. The van der Waals surface area contributed by atoms with Crippen molar-refractivity contribution in [1.82, 2.24) is 9.88 Å². The molecule has 1 fully saturated rings. The van der Waals surface area contributed by atoms with Crippen LogP contribution < -0.4 is 11.1 Å². The molecule has 0 aromatic carbocycles. The minimum atomic E-state index is -0.525. The van der Waals surface area contributed by atoms with Gasteiger partial charge in [-0.1, -0.05) is 0 Å². The van der Waals surface area contributed by atoms with E-state index in [4.69, 9.17) is 10.5 Å². The molecule has 0 saturated carbocycles. The third-order valence-electron chi connectivity index (χ3n) is 3.08. The molecule has 1 aromatic rings. The van der Waals surface area contributed by atoms with Gasteiger partial charge in [0.2, 0.25) is 5.91 Å². The van der Waals surface area contributed by atoms with Gasteiger partial charge in [-0.25, -0.2) is 4.98 Å². The summed E-state index contributed by atoms with van der Waals surface area (Å²) in [5, 5.41) is 5.30. The van der Waals surface area contributed by atoms with E-state index in [2.05, 4.69) is 29.0 Å².